The normalized spacial score (nSPS) is 16.7. The number of halogens is 2. The summed E-state index contributed by atoms with van der Waals surface area (Å²) in [6, 6.07) is 11.5. The molecule has 1 aliphatic rings. The summed E-state index contributed by atoms with van der Waals surface area (Å²) in [5.41, 5.74) is 2.33. The zero-order valence-corrected chi connectivity index (χ0v) is 18.2. The number of aryl methyl sites for hydroxylation is 1. The Morgan fingerprint density at radius 2 is 1.89 bits per heavy atom. The predicted octanol–water partition coefficient (Wildman–Crippen LogP) is 6.54. The van der Waals surface area contributed by atoms with Gasteiger partial charge in [-0.25, -0.2) is 4.79 Å². The van der Waals surface area contributed by atoms with Gasteiger partial charge in [-0.2, -0.15) is 0 Å². The summed E-state index contributed by atoms with van der Waals surface area (Å²) in [5, 5.41) is 0.640. The second-order valence-corrected chi connectivity index (χ2v) is 8.83. The Hall–Kier alpha value is -1.72. The van der Waals surface area contributed by atoms with Gasteiger partial charge in [-0.3, -0.25) is 4.90 Å². The molecule has 144 valence electrons. The van der Waals surface area contributed by atoms with Gasteiger partial charge in [0.15, 0.2) is 0 Å². The molecule has 0 saturated heterocycles. The molecule has 0 aliphatic carbocycles. The maximum Gasteiger partial charge on any atom is 0.415 e. The van der Waals surface area contributed by atoms with Crippen molar-refractivity contribution in [3.63, 3.8) is 0 Å². The Morgan fingerprint density at radius 1 is 1.22 bits per heavy atom. The lowest BCUT2D eigenvalue weighted by Gasteiger charge is -2.38. The van der Waals surface area contributed by atoms with Crippen molar-refractivity contribution >= 4 is 39.3 Å². The first kappa shape index (κ1) is 20.0. The fourth-order valence-corrected chi connectivity index (χ4v) is 3.79. The van der Waals surface area contributed by atoms with Crippen LogP contribution in [0.15, 0.2) is 40.9 Å². The lowest BCUT2D eigenvalue weighted by molar-refractivity contribution is 0.0560. The first-order valence-electron chi connectivity index (χ1n) is 8.83. The predicted molar refractivity (Wildman–Crippen MR) is 112 cm³/mol. The van der Waals surface area contributed by atoms with Crippen molar-refractivity contribution in [1.29, 1.82) is 0 Å². The van der Waals surface area contributed by atoms with E-state index in [1.807, 2.05) is 57.2 Å². The number of fused-ring (bicyclic) bond motifs is 1. The number of hydrogen-bond acceptors (Lipinski definition) is 3. The third kappa shape index (κ3) is 4.41. The highest BCUT2D eigenvalue weighted by Crippen LogP contribution is 2.43. The monoisotopic (exact) mass is 451 g/mol. The molecule has 2 aromatic carbocycles. The molecule has 1 heterocycles. The Morgan fingerprint density at radius 3 is 2.48 bits per heavy atom. The van der Waals surface area contributed by atoms with Crippen molar-refractivity contribution in [2.75, 3.05) is 12.0 Å². The first-order valence-corrected chi connectivity index (χ1v) is 10.0. The molecule has 6 heteroatoms. The Bertz CT molecular complexity index is 846. The largest absolute Gasteiger partial charge is 0.497 e. The smallest absolute Gasteiger partial charge is 0.415 e. The third-order valence-corrected chi connectivity index (χ3v) is 5.67. The summed E-state index contributed by atoms with van der Waals surface area (Å²) in [5.74, 6) is 0.785. The van der Waals surface area contributed by atoms with Gasteiger partial charge in [-0.15, -0.1) is 0 Å². The zero-order chi connectivity index (χ0) is 19.8. The van der Waals surface area contributed by atoms with Crippen LogP contribution >= 0.6 is 27.5 Å². The molecule has 1 amide bonds. The molecule has 0 saturated carbocycles. The number of ether oxygens (including phenoxy) is 2. The summed E-state index contributed by atoms with van der Waals surface area (Å²) in [6.07, 6.45) is 1.26. The molecule has 0 N–H and O–H groups in total. The van der Waals surface area contributed by atoms with E-state index in [-0.39, 0.29) is 12.1 Å². The fraction of sp³-hybridized carbons (Fsp3) is 0.381. The SMILES string of the molecule is COc1ccc(C2CCc3cc(Cl)c(Br)cc3N2C(=O)OC(C)(C)C)cc1. The minimum absolute atomic E-state index is 0.119. The van der Waals surface area contributed by atoms with Crippen molar-refractivity contribution in [2.24, 2.45) is 0 Å². The molecular formula is C21H23BrClNO3. The number of carbonyl (C=O) groups is 1. The van der Waals surface area contributed by atoms with E-state index in [1.165, 1.54) is 0 Å². The van der Waals surface area contributed by atoms with Crippen LogP contribution in [0.3, 0.4) is 0 Å². The first-order chi connectivity index (χ1) is 12.7. The van der Waals surface area contributed by atoms with E-state index in [4.69, 9.17) is 21.1 Å². The molecule has 3 rings (SSSR count). The van der Waals surface area contributed by atoms with Crippen molar-refractivity contribution in [3.05, 3.63) is 57.0 Å². The van der Waals surface area contributed by atoms with Crippen molar-refractivity contribution in [2.45, 2.75) is 45.3 Å². The van der Waals surface area contributed by atoms with Crippen LogP contribution in [0.5, 0.6) is 5.75 Å². The quantitative estimate of drug-likeness (QED) is 0.519. The van der Waals surface area contributed by atoms with Crippen molar-refractivity contribution < 1.29 is 14.3 Å². The second-order valence-electron chi connectivity index (χ2n) is 7.57. The number of amides is 1. The number of hydrogen-bond donors (Lipinski definition) is 0. The summed E-state index contributed by atoms with van der Waals surface area (Å²) in [6.45, 7) is 5.61. The van der Waals surface area contributed by atoms with Gasteiger partial charge in [-0.05, 0) is 84.9 Å². The molecule has 0 radical (unpaired) electrons. The van der Waals surface area contributed by atoms with Crippen LogP contribution < -0.4 is 9.64 Å². The molecule has 0 bridgehead atoms. The molecule has 1 unspecified atom stereocenters. The minimum Gasteiger partial charge on any atom is -0.497 e. The van der Waals surface area contributed by atoms with E-state index in [9.17, 15) is 4.79 Å². The van der Waals surface area contributed by atoms with E-state index < -0.39 is 5.60 Å². The third-order valence-electron chi connectivity index (χ3n) is 4.47. The van der Waals surface area contributed by atoms with E-state index in [1.54, 1.807) is 12.0 Å². The van der Waals surface area contributed by atoms with Crippen molar-refractivity contribution in [1.82, 2.24) is 0 Å². The van der Waals surface area contributed by atoms with Gasteiger partial charge in [0.25, 0.3) is 0 Å². The molecule has 27 heavy (non-hydrogen) atoms. The van der Waals surface area contributed by atoms with Gasteiger partial charge in [0.2, 0.25) is 0 Å². The van der Waals surface area contributed by atoms with Gasteiger partial charge in [-0.1, -0.05) is 23.7 Å². The number of rotatable bonds is 2. The zero-order valence-electron chi connectivity index (χ0n) is 15.9. The lowest BCUT2D eigenvalue weighted by atomic mass is 9.91. The molecule has 0 spiro atoms. The lowest BCUT2D eigenvalue weighted by Crippen LogP contribution is -2.42. The minimum atomic E-state index is -0.581. The Kier molecular flexibility index (Phi) is 5.73. The average Bonchev–Trinajstić information content (AvgIpc) is 2.60. The van der Waals surface area contributed by atoms with Crippen LogP contribution in [0.2, 0.25) is 5.02 Å². The van der Waals surface area contributed by atoms with Gasteiger partial charge in [0.1, 0.15) is 11.4 Å². The van der Waals surface area contributed by atoms with E-state index in [0.29, 0.717) is 5.02 Å². The molecular weight excluding hydrogens is 430 g/mol. The van der Waals surface area contributed by atoms with Gasteiger partial charge in [0.05, 0.1) is 23.9 Å². The summed E-state index contributed by atoms with van der Waals surface area (Å²) in [7, 11) is 1.64. The standard InChI is InChI=1S/C21H23BrClNO3/c1-21(2,3)27-20(25)24-18(13-5-8-15(26-4)9-6-13)10-7-14-11-17(23)16(22)12-19(14)24/h5-6,8-9,11-12,18H,7,10H2,1-4H3. The number of anilines is 1. The molecule has 1 atom stereocenters. The summed E-state index contributed by atoms with van der Waals surface area (Å²) < 4.78 is 11.7. The molecule has 2 aromatic rings. The maximum absolute atomic E-state index is 13.1. The van der Waals surface area contributed by atoms with Crippen molar-refractivity contribution in [3.8, 4) is 5.75 Å². The van der Waals surface area contributed by atoms with Crippen LogP contribution in [0, 0.1) is 0 Å². The van der Waals surface area contributed by atoms with Gasteiger partial charge < -0.3 is 9.47 Å². The van der Waals surface area contributed by atoms with E-state index in [0.717, 1.165) is 39.9 Å². The number of methoxy groups -OCH3 is 1. The highest BCUT2D eigenvalue weighted by atomic mass is 79.9. The number of carbonyl (C=O) groups excluding carboxylic acids is 1. The van der Waals surface area contributed by atoms with Crippen LogP contribution in [-0.2, 0) is 11.2 Å². The topological polar surface area (TPSA) is 38.8 Å². The van der Waals surface area contributed by atoms with Crippen LogP contribution in [0.4, 0.5) is 10.5 Å². The number of benzene rings is 2. The number of nitrogens with zero attached hydrogens (tertiary/aromatic N) is 1. The van der Waals surface area contributed by atoms with Gasteiger partial charge in [0, 0.05) is 4.47 Å². The second kappa shape index (κ2) is 7.72. The fourth-order valence-electron chi connectivity index (χ4n) is 3.27. The van der Waals surface area contributed by atoms with E-state index >= 15 is 0 Å². The Balaban J connectivity index is 2.06. The van der Waals surface area contributed by atoms with Crippen LogP contribution in [0.1, 0.15) is 44.4 Å². The molecule has 4 nitrogen and oxygen atoms in total. The summed E-state index contributed by atoms with van der Waals surface area (Å²) >= 11 is 9.75. The Labute approximate surface area is 173 Å². The highest BCUT2D eigenvalue weighted by molar-refractivity contribution is 9.10. The summed E-state index contributed by atoms with van der Waals surface area (Å²) in [4.78, 5) is 14.9. The molecule has 0 fully saturated rings. The van der Waals surface area contributed by atoms with Crippen LogP contribution in [-0.4, -0.2) is 18.8 Å². The van der Waals surface area contributed by atoms with Crippen LogP contribution in [0.25, 0.3) is 0 Å². The molecule has 1 aliphatic heterocycles. The highest BCUT2D eigenvalue weighted by Gasteiger charge is 2.35. The van der Waals surface area contributed by atoms with E-state index in [2.05, 4.69) is 15.9 Å². The average molecular weight is 453 g/mol. The van der Waals surface area contributed by atoms with Gasteiger partial charge >= 0.3 is 6.09 Å². The molecule has 0 aromatic heterocycles. The maximum atomic E-state index is 13.1.